The van der Waals surface area contributed by atoms with E-state index in [0.29, 0.717) is 18.0 Å². The number of para-hydroxylation sites is 2. The second-order valence-corrected chi connectivity index (χ2v) is 21.7. The van der Waals surface area contributed by atoms with Crippen LogP contribution in [0.2, 0.25) is 0 Å². The van der Waals surface area contributed by atoms with Crippen molar-refractivity contribution in [2.45, 2.75) is 103 Å². The molecule has 0 N–H and O–H groups in total. The van der Waals surface area contributed by atoms with Crippen molar-refractivity contribution in [3.8, 4) is 33.4 Å². The molecular formula is C65H60N2. The number of nitrogens with zero attached hydrogens (tertiary/aromatic N) is 2. The molecule has 3 aliphatic carbocycles. The van der Waals surface area contributed by atoms with Crippen LogP contribution in [0.25, 0.3) is 60.5 Å². The van der Waals surface area contributed by atoms with E-state index in [9.17, 15) is 0 Å². The van der Waals surface area contributed by atoms with Crippen molar-refractivity contribution in [2.24, 2.45) is 5.92 Å². The number of fused-ring (bicyclic) bond motifs is 9. The first-order chi connectivity index (χ1) is 32.5. The van der Waals surface area contributed by atoms with E-state index in [-0.39, 0.29) is 10.8 Å². The molecule has 67 heavy (non-hydrogen) atoms. The Morgan fingerprint density at radius 1 is 0.463 bits per heavy atom. The minimum Gasteiger partial charge on any atom is -0.338 e. The van der Waals surface area contributed by atoms with E-state index in [2.05, 4.69) is 216 Å². The Balaban J connectivity index is 1.12. The van der Waals surface area contributed by atoms with Gasteiger partial charge in [0, 0.05) is 45.7 Å². The molecule has 0 bridgehead atoms. The summed E-state index contributed by atoms with van der Waals surface area (Å²) in [4.78, 5) is 5.24. The van der Waals surface area contributed by atoms with Gasteiger partial charge in [0.25, 0.3) is 0 Å². The summed E-state index contributed by atoms with van der Waals surface area (Å²) in [6.07, 6.45) is 10.4. The maximum Gasteiger partial charge on any atom is 0.0445 e. The maximum absolute atomic E-state index is 2.62. The Morgan fingerprint density at radius 2 is 0.970 bits per heavy atom. The Hall–Kier alpha value is -6.64. The number of allylic oxidation sites excluding steroid dienone is 4. The van der Waals surface area contributed by atoms with Gasteiger partial charge in [0.2, 0.25) is 0 Å². The zero-order chi connectivity index (χ0) is 45.5. The summed E-state index contributed by atoms with van der Waals surface area (Å²) in [5, 5.41) is 5.22. The Morgan fingerprint density at radius 3 is 1.57 bits per heavy atom. The fraction of sp³-hybridized carbons (Fsp3) is 0.262. The summed E-state index contributed by atoms with van der Waals surface area (Å²) in [7, 11) is 0. The second kappa shape index (κ2) is 14.7. The van der Waals surface area contributed by atoms with E-state index >= 15 is 0 Å². The van der Waals surface area contributed by atoms with E-state index in [1.807, 2.05) is 0 Å². The third kappa shape index (κ3) is 5.87. The molecule has 2 heterocycles. The summed E-state index contributed by atoms with van der Waals surface area (Å²) in [6.45, 7) is 17.0. The van der Waals surface area contributed by atoms with Crippen LogP contribution in [-0.4, -0.2) is 12.1 Å². The van der Waals surface area contributed by atoms with Crippen LogP contribution in [0.3, 0.4) is 0 Å². The number of hydrogen-bond donors (Lipinski definition) is 0. The third-order valence-electron chi connectivity index (χ3n) is 17.1. The normalized spacial score (nSPS) is 20.7. The molecule has 0 saturated heterocycles. The highest BCUT2D eigenvalue weighted by Crippen LogP contribution is 2.56. The first-order valence-electron chi connectivity index (χ1n) is 25.1. The molecule has 0 fully saturated rings. The smallest absolute Gasteiger partial charge is 0.0445 e. The molecule has 3 atom stereocenters. The van der Waals surface area contributed by atoms with Gasteiger partial charge in [-0.05, 0) is 200 Å². The highest BCUT2D eigenvalue weighted by atomic mass is 15.2. The van der Waals surface area contributed by atoms with E-state index in [1.165, 1.54) is 117 Å². The van der Waals surface area contributed by atoms with Gasteiger partial charge in [-0.15, -0.1) is 0 Å². The minimum absolute atomic E-state index is 0.0612. The van der Waals surface area contributed by atoms with Crippen LogP contribution in [0.1, 0.15) is 101 Å². The van der Waals surface area contributed by atoms with Crippen LogP contribution in [0.15, 0.2) is 163 Å². The van der Waals surface area contributed by atoms with Gasteiger partial charge in [-0.25, -0.2) is 0 Å². The standard InChI is InChI=1S/C65H60N2/c1-39-15-14-19-53-50-32-28-45(36-58(50)65(6,7)63(39)53)62-52-34-30-46(66-40(2)23-25-42-16-8-12-21-59(42)66)37-54(52)61(44-27-31-49-48-18-10-11-20-56(48)64(4,5)57(49)35-44)51-33-29-47(38-55(51)62)67-41(3)24-26-43-17-9-13-22-60(43)67/h8-14,16-22,27-41H,15,23-26H2,1-7H3. The van der Waals surface area contributed by atoms with Gasteiger partial charge in [-0.2, -0.15) is 0 Å². The van der Waals surface area contributed by atoms with E-state index < -0.39 is 0 Å². The molecule has 0 saturated carbocycles. The van der Waals surface area contributed by atoms with Crippen molar-refractivity contribution < 1.29 is 0 Å². The van der Waals surface area contributed by atoms with Gasteiger partial charge in [0.15, 0.2) is 0 Å². The lowest BCUT2D eigenvalue weighted by Crippen LogP contribution is -2.33. The molecule has 0 radical (unpaired) electrons. The topological polar surface area (TPSA) is 6.48 Å². The number of rotatable bonds is 4. The van der Waals surface area contributed by atoms with Gasteiger partial charge < -0.3 is 9.80 Å². The van der Waals surface area contributed by atoms with Gasteiger partial charge >= 0.3 is 0 Å². The average Bonchev–Trinajstić information content (AvgIpc) is 3.72. The number of benzene rings is 8. The Labute approximate surface area is 397 Å². The molecule has 8 aromatic carbocycles. The fourth-order valence-electron chi connectivity index (χ4n) is 13.8. The van der Waals surface area contributed by atoms with Gasteiger partial charge in [-0.1, -0.05) is 144 Å². The summed E-state index contributed by atoms with van der Waals surface area (Å²) in [5.74, 6) is 0.523. The van der Waals surface area contributed by atoms with E-state index in [0.717, 1.165) is 32.1 Å². The predicted octanol–water partition coefficient (Wildman–Crippen LogP) is 17.2. The highest BCUT2D eigenvalue weighted by Gasteiger charge is 2.41. The molecule has 2 nitrogen and oxygen atoms in total. The molecule has 2 heteroatoms. The van der Waals surface area contributed by atoms with Crippen LogP contribution in [0, 0.1) is 5.92 Å². The number of hydrogen-bond acceptors (Lipinski definition) is 2. The molecule has 5 aliphatic rings. The van der Waals surface area contributed by atoms with Crippen LogP contribution in [0.5, 0.6) is 0 Å². The zero-order valence-corrected chi connectivity index (χ0v) is 40.2. The van der Waals surface area contributed by atoms with Crippen molar-refractivity contribution in [1.29, 1.82) is 0 Å². The monoisotopic (exact) mass is 868 g/mol. The first kappa shape index (κ1) is 40.6. The maximum atomic E-state index is 2.62. The summed E-state index contributed by atoms with van der Waals surface area (Å²) < 4.78 is 0. The Kier molecular flexibility index (Phi) is 8.90. The van der Waals surface area contributed by atoms with Crippen molar-refractivity contribution in [3.05, 3.63) is 197 Å². The van der Waals surface area contributed by atoms with Gasteiger partial charge in [0.05, 0.1) is 0 Å². The summed E-state index contributed by atoms with van der Waals surface area (Å²) in [5.41, 5.74) is 24.5. The summed E-state index contributed by atoms with van der Waals surface area (Å²) >= 11 is 0. The molecule has 13 rings (SSSR count). The second-order valence-electron chi connectivity index (χ2n) is 21.7. The van der Waals surface area contributed by atoms with Crippen molar-refractivity contribution >= 4 is 49.9 Å². The van der Waals surface area contributed by atoms with Gasteiger partial charge in [-0.3, -0.25) is 0 Å². The van der Waals surface area contributed by atoms with Crippen LogP contribution in [0.4, 0.5) is 22.7 Å². The van der Waals surface area contributed by atoms with Crippen LogP contribution in [-0.2, 0) is 23.7 Å². The van der Waals surface area contributed by atoms with Crippen LogP contribution < -0.4 is 9.80 Å². The molecule has 330 valence electrons. The number of anilines is 4. The highest BCUT2D eigenvalue weighted by molar-refractivity contribution is 6.23. The van der Waals surface area contributed by atoms with Gasteiger partial charge in [0.1, 0.15) is 0 Å². The quantitative estimate of drug-likeness (QED) is 0.163. The molecule has 2 aliphatic heterocycles. The molecule has 3 unspecified atom stereocenters. The lowest BCUT2D eigenvalue weighted by atomic mass is 9.73. The van der Waals surface area contributed by atoms with Crippen molar-refractivity contribution in [2.75, 3.05) is 9.80 Å². The number of aryl methyl sites for hydroxylation is 2. The first-order valence-corrected chi connectivity index (χ1v) is 25.1. The molecule has 0 aromatic heterocycles. The zero-order valence-electron chi connectivity index (χ0n) is 40.2. The SMILES string of the molecule is CC1CC=CC2=C1C(C)(C)c1cc(-c3c4ccc(N5c6ccccc6CCC5C)cc4c(-c4ccc5c(c4)C(C)(C)c4ccccc4-5)c4ccc(N5c6ccccc6CCC5C)cc34)ccc12. The Bertz CT molecular complexity index is 3470. The predicted molar refractivity (Wildman–Crippen MR) is 285 cm³/mol. The largest absolute Gasteiger partial charge is 0.338 e. The lowest BCUT2D eigenvalue weighted by Gasteiger charge is -2.38. The van der Waals surface area contributed by atoms with Crippen molar-refractivity contribution in [3.63, 3.8) is 0 Å². The van der Waals surface area contributed by atoms with E-state index in [1.54, 1.807) is 5.57 Å². The minimum atomic E-state index is -0.117. The average molecular weight is 869 g/mol. The van der Waals surface area contributed by atoms with Crippen molar-refractivity contribution in [1.82, 2.24) is 0 Å². The molecule has 0 spiro atoms. The third-order valence-corrected chi connectivity index (χ3v) is 17.1. The molecule has 8 aromatic rings. The van der Waals surface area contributed by atoms with Crippen LogP contribution >= 0.6 is 0 Å². The molecule has 0 amide bonds. The molecular weight excluding hydrogens is 809 g/mol. The lowest BCUT2D eigenvalue weighted by molar-refractivity contribution is 0.530. The van der Waals surface area contributed by atoms with E-state index in [4.69, 9.17) is 0 Å². The summed E-state index contributed by atoms with van der Waals surface area (Å²) in [6, 6.07) is 57.8. The fourth-order valence-corrected chi connectivity index (χ4v) is 13.8.